The van der Waals surface area contributed by atoms with Gasteiger partial charge in [0.15, 0.2) is 0 Å². The van der Waals surface area contributed by atoms with Gasteiger partial charge in [0.05, 0.1) is 29.2 Å². The third-order valence-corrected chi connectivity index (χ3v) is 9.43. The van der Waals surface area contributed by atoms with Crippen LogP contribution >= 0.6 is 11.8 Å². The Kier molecular flexibility index (Phi) is 7.10. The first-order chi connectivity index (χ1) is 16.2. The van der Waals surface area contributed by atoms with Crippen molar-refractivity contribution in [1.82, 2.24) is 9.80 Å². The molecule has 4 rings (SSSR count). The van der Waals surface area contributed by atoms with Crippen molar-refractivity contribution >= 4 is 29.5 Å². The van der Waals surface area contributed by atoms with Crippen molar-refractivity contribution in [3.63, 3.8) is 0 Å². The number of hydrogen-bond acceptors (Lipinski definition) is 5. The molecule has 0 aliphatic carbocycles. The number of carboxylic acids is 1. The molecule has 3 aliphatic heterocycles. The van der Waals surface area contributed by atoms with Gasteiger partial charge in [-0.3, -0.25) is 14.4 Å². The van der Waals surface area contributed by atoms with Crippen LogP contribution in [0.5, 0.6) is 0 Å². The SMILES string of the molecule is C=CCN(Cc1ccccc1)C(=O)C1N([C@@H](CO)CC(C)C)C(=O)[C@@H]2[C@@H](C(=O)O)[C@H]3CCC12S3. The number of carboxylic acid groups (broad SMARTS) is 1. The lowest BCUT2D eigenvalue weighted by Crippen LogP contribution is -2.57. The minimum Gasteiger partial charge on any atom is -0.481 e. The Morgan fingerprint density at radius 3 is 2.62 bits per heavy atom. The summed E-state index contributed by atoms with van der Waals surface area (Å²) in [5, 5.41) is 20.1. The molecule has 1 spiro atoms. The van der Waals surface area contributed by atoms with Crippen molar-refractivity contribution in [2.75, 3.05) is 13.2 Å². The van der Waals surface area contributed by atoms with Crippen molar-refractivity contribution in [1.29, 1.82) is 0 Å². The molecular weight excluding hydrogens is 452 g/mol. The summed E-state index contributed by atoms with van der Waals surface area (Å²) in [6.45, 7) is 8.28. The number of carbonyl (C=O) groups is 3. The lowest BCUT2D eigenvalue weighted by atomic mass is 9.71. The van der Waals surface area contributed by atoms with Gasteiger partial charge in [0.25, 0.3) is 0 Å². The van der Waals surface area contributed by atoms with E-state index in [1.165, 1.54) is 11.8 Å². The number of nitrogens with zero attached hydrogens (tertiary/aromatic N) is 2. The summed E-state index contributed by atoms with van der Waals surface area (Å²) < 4.78 is -0.775. The quantitative estimate of drug-likeness (QED) is 0.494. The van der Waals surface area contributed by atoms with Gasteiger partial charge in [-0.05, 0) is 30.7 Å². The second kappa shape index (κ2) is 9.74. The molecule has 2 amide bonds. The van der Waals surface area contributed by atoms with Gasteiger partial charge in [0.1, 0.15) is 6.04 Å². The third-order valence-electron chi connectivity index (χ3n) is 7.48. The Labute approximate surface area is 205 Å². The number of carbonyl (C=O) groups excluding carboxylic acids is 2. The number of thioether (sulfide) groups is 1. The normalized spacial score (nSPS) is 30.5. The monoisotopic (exact) mass is 486 g/mol. The van der Waals surface area contributed by atoms with Gasteiger partial charge < -0.3 is 20.0 Å². The molecule has 2 N–H and O–H groups in total. The number of fused-ring (bicyclic) bond motifs is 1. The van der Waals surface area contributed by atoms with Crippen molar-refractivity contribution in [2.24, 2.45) is 17.8 Å². The van der Waals surface area contributed by atoms with Crippen LogP contribution < -0.4 is 0 Å². The van der Waals surface area contributed by atoms with Crippen LogP contribution in [-0.2, 0) is 20.9 Å². The average Bonchev–Trinajstić information content (AvgIpc) is 3.44. The first-order valence-electron chi connectivity index (χ1n) is 12.0. The van der Waals surface area contributed by atoms with Crippen LogP contribution in [0.3, 0.4) is 0 Å². The highest BCUT2D eigenvalue weighted by atomic mass is 32.2. The van der Waals surface area contributed by atoms with Crippen molar-refractivity contribution in [3.05, 3.63) is 48.6 Å². The fraction of sp³-hybridized carbons (Fsp3) is 0.577. The van der Waals surface area contributed by atoms with Crippen LogP contribution in [0.1, 0.15) is 38.7 Å². The highest BCUT2D eigenvalue weighted by Crippen LogP contribution is 2.66. The zero-order valence-corrected chi connectivity index (χ0v) is 20.6. The molecule has 3 aliphatic rings. The molecule has 2 bridgehead atoms. The Hall–Kier alpha value is -2.32. The summed E-state index contributed by atoms with van der Waals surface area (Å²) in [6, 6.07) is 8.33. The van der Waals surface area contributed by atoms with Crippen LogP contribution in [0.15, 0.2) is 43.0 Å². The molecule has 0 radical (unpaired) electrons. The largest absolute Gasteiger partial charge is 0.481 e. The van der Waals surface area contributed by atoms with Gasteiger partial charge in [-0.1, -0.05) is 50.3 Å². The minimum absolute atomic E-state index is 0.163. The summed E-state index contributed by atoms with van der Waals surface area (Å²) in [5.74, 6) is -2.80. The lowest BCUT2D eigenvalue weighted by molar-refractivity contribution is -0.150. The van der Waals surface area contributed by atoms with Crippen molar-refractivity contribution < 1.29 is 24.6 Å². The van der Waals surface area contributed by atoms with E-state index in [0.29, 0.717) is 32.4 Å². The van der Waals surface area contributed by atoms with Crippen LogP contribution in [0.2, 0.25) is 0 Å². The fourth-order valence-electron chi connectivity index (χ4n) is 6.23. The molecule has 3 heterocycles. The second-order valence-corrected chi connectivity index (χ2v) is 11.7. The topological polar surface area (TPSA) is 98.2 Å². The van der Waals surface area contributed by atoms with E-state index >= 15 is 0 Å². The molecule has 3 fully saturated rings. The molecule has 1 aromatic rings. The number of aliphatic hydroxyl groups excluding tert-OH is 1. The van der Waals surface area contributed by atoms with Gasteiger partial charge in [-0.2, -0.15) is 0 Å². The Morgan fingerprint density at radius 1 is 1.32 bits per heavy atom. The number of amides is 2. The van der Waals surface area contributed by atoms with Gasteiger partial charge in [0.2, 0.25) is 11.8 Å². The zero-order chi connectivity index (χ0) is 24.6. The number of aliphatic carboxylic acids is 1. The van der Waals surface area contributed by atoms with Crippen molar-refractivity contribution in [3.8, 4) is 0 Å². The van der Waals surface area contributed by atoms with E-state index in [9.17, 15) is 24.6 Å². The second-order valence-electron chi connectivity index (χ2n) is 10.1. The highest BCUT2D eigenvalue weighted by Gasteiger charge is 2.74. The van der Waals surface area contributed by atoms with Gasteiger partial charge in [0, 0.05) is 18.3 Å². The van der Waals surface area contributed by atoms with E-state index in [2.05, 4.69) is 6.58 Å². The van der Waals surface area contributed by atoms with E-state index in [1.54, 1.807) is 15.9 Å². The van der Waals surface area contributed by atoms with Crippen LogP contribution in [0.25, 0.3) is 0 Å². The summed E-state index contributed by atoms with van der Waals surface area (Å²) in [6.07, 6.45) is 3.52. The maximum atomic E-state index is 14.2. The van der Waals surface area contributed by atoms with E-state index in [1.807, 2.05) is 44.2 Å². The molecule has 0 saturated carbocycles. The van der Waals surface area contributed by atoms with Crippen molar-refractivity contribution in [2.45, 2.75) is 61.7 Å². The lowest BCUT2D eigenvalue weighted by Gasteiger charge is -2.40. The standard InChI is InChI=1S/C26H34N2O5S/c1-4-12-27(14-17-8-6-5-7-9-17)24(31)22-26-11-10-19(34-26)20(25(32)33)21(26)23(30)28(22)18(15-29)13-16(2)3/h4-9,16,18-22,29H,1,10-15H2,2-3H3,(H,32,33)/t18-,19-,20+,21+,22?,26?/m1/s1. The van der Waals surface area contributed by atoms with Crippen LogP contribution in [0, 0.1) is 17.8 Å². The maximum absolute atomic E-state index is 14.2. The number of hydrogen-bond donors (Lipinski definition) is 2. The van der Waals surface area contributed by atoms with E-state index in [0.717, 1.165) is 5.56 Å². The number of aliphatic hydroxyl groups is 1. The predicted octanol–water partition coefficient (Wildman–Crippen LogP) is 2.78. The molecule has 2 unspecified atom stereocenters. The summed E-state index contributed by atoms with van der Waals surface area (Å²) in [7, 11) is 0. The molecule has 6 atom stereocenters. The molecule has 34 heavy (non-hydrogen) atoms. The first-order valence-corrected chi connectivity index (χ1v) is 12.9. The summed E-state index contributed by atoms with van der Waals surface area (Å²) in [4.78, 5) is 43.6. The average molecular weight is 487 g/mol. The Balaban J connectivity index is 1.77. The Bertz CT molecular complexity index is 954. The summed E-state index contributed by atoms with van der Waals surface area (Å²) >= 11 is 1.52. The number of likely N-dealkylation sites (tertiary alicyclic amines) is 1. The van der Waals surface area contributed by atoms with E-state index in [4.69, 9.17) is 0 Å². The molecule has 0 aromatic heterocycles. The van der Waals surface area contributed by atoms with E-state index in [-0.39, 0.29) is 29.6 Å². The highest BCUT2D eigenvalue weighted by molar-refractivity contribution is 8.02. The zero-order valence-electron chi connectivity index (χ0n) is 19.8. The van der Waals surface area contributed by atoms with Gasteiger partial charge in [-0.15, -0.1) is 18.3 Å². The number of rotatable bonds is 10. The smallest absolute Gasteiger partial charge is 0.308 e. The molecular formula is C26H34N2O5S. The molecule has 184 valence electrons. The van der Waals surface area contributed by atoms with Crippen LogP contribution in [-0.4, -0.2) is 73.0 Å². The van der Waals surface area contributed by atoms with Gasteiger partial charge in [-0.25, -0.2) is 0 Å². The predicted molar refractivity (Wildman–Crippen MR) is 131 cm³/mol. The summed E-state index contributed by atoms with van der Waals surface area (Å²) in [5.41, 5.74) is 0.968. The third kappa shape index (κ3) is 4.05. The van der Waals surface area contributed by atoms with Gasteiger partial charge >= 0.3 is 5.97 Å². The Morgan fingerprint density at radius 2 is 2.03 bits per heavy atom. The maximum Gasteiger partial charge on any atom is 0.308 e. The number of benzene rings is 1. The fourth-order valence-corrected chi connectivity index (χ4v) is 8.42. The molecule has 7 nitrogen and oxygen atoms in total. The first kappa shape index (κ1) is 24.8. The molecule has 1 aromatic carbocycles. The van der Waals surface area contributed by atoms with Crippen LogP contribution in [0.4, 0.5) is 0 Å². The van der Waals surface area contributed by atoms with E-state index < -0.39 is 34.6 Å². The minimum atomic E-state index is -0.970. The molecule has 8 heteroatoms. The molecule has 3 saturated heterocycles.